The minimum Gasteiger partial charge on any atom is -0.493 e. The zero-order chi connectivity index (χ0) is 20.4. The molecule has 28 heavy (non-hydrogen) atoms. The summed E-state index contributed by atoms with van der Waals surface area (Å²) in [4.78, 5) is 25.7. The Morgan fingerprint density at radius 2 is 1.68 bits per heavy atom. The van der Waals surface area contributed by atoms with Crippen molar-refractivity contribution in [2.24, 2.45) is 0 Å². The Labute approximate surface area is 166 Å². The van der Waals surface area contributed by atoms with Gasteiger partial charge in [0, 0.05) is 20.0 Å². The molecule has 0 spiro atoms. The molecule has 0 unspecified atom stereocenters. The second-order valence-corrected chi connectivity index (χ2v) is 6.50. The maximum atomic E-state index is 12.3. The lowest BCUT2D eigenvalue weighted by Gasteiger charge is -2.20. The molecule has 0 saturated heterocycles. The number of hydrogen-bond acceptors (Lipinski definition) is 4. The van der Waals surface area contributed by atoms with Crippen LogP contribution in [0.2, 0.25) is 0 Å². The Morgan fingerprint density at radius 1 is 0.964 bits per heavy atom. The first-order valence-corrected chi connectivity index (χ1v) is 9.30. The van der Waals surface area contributed by atoms with Crippen LogP contribution in [0.15, 0.2) is 48.5 Å². The molecule has 0 radical (unpaired) electrons. The van der Waals surface area contributed by atoms with Crippen molar-refractivity contribution < 1.29 is 19.1 Å². The van der Waals surface area contributed by atoms with Gasteiger partial charge in [-0.2, -0.15) is 0 Å². The molecule has 0 aliphatic heterocycles. The van der Waals surface area contributed by atoms with Gasteiger partial charge in [-0.3, -0.25) is 9.59 Å². The second kappa shape index (κ2) is 11.0. The summed E-state index contributed by atoms with van der Waals surface area (Å²) in [7, 11) is 3.15. The van der Waals surface area contributed by atoms with Gasteiger partial charge >= 0.3 is 0 Å². The van der Waals surface area contributed by atoms with Gasteiger partial charge < -0.3 is 19.7 Å². The lowest BCUT2D eigenvalue weighted by Crippen LogP contribution is -2.40. The highest BCUT2D eigenvalue weighted by molar-refractivity contribution is 5.83. The largest absolute Gasteiger partial charge is 0.493 e. The van der Waals surface area contributed by atoms with Gasteiger partial charge in [-0.25, -0.2) is 0 Å². The van der Waals surface area contributed by atoms with Gasteiger partial charge in [-0.05, 0) is 36.1 Å². The third-order valence-corrected chi connectivity index (χ3v) is 4.45. The van der Waals surface area contributed by atoms with E-state index in [0.717, 1.165) is 18.4 Å². The van der Waals surface area contributed by atoms with E-state index in [2.05, 4.69) is 17.4 Å². The average molecular weight is 384 g/mol. The first kappa shape index (κ1) is 21.3. The topological polar surface area (TPSA) is 67.9 Å². The minimum absolute atomic E-state index is 0.0530. The maximum Gasteiger partial charge on any atom is 0.239 e. The summed E-state index contributed by atoms with van der Waals surface area (Å²) in [5, 5.41) is 2.85. The summed E-state index contributed by atoms with van der Waals surface area (Å²) in [6.45, 7) is 2.45. The zero-order valence-electron chi connectivity index (χ0n) is 16.7. The molecule has 0 bridgehead atoms. The Balaban J connectivity index is 1.82. The first-order chi connectivity index (χ1) is 13.5. The van der Waals surface area contributed by atoms with E-state index in [-0.39, 0.29) is 18.4 Å². The van der Waals surface area contributed by atoms with Crippen LogP contribution in [-0.2, 0) is 22.6 Å². The third kappa shape index (κ3) is 6.61. The van der Waals surface area contributed by atoms with E-state index in [1.54, 1.807) is 25.2 Å². The summed E-state index contributed by atoms with van der Waals surface area (Å²) >= 11 is 0. The molecule has 0 aromatic heterocycles. The molecule has 0 atom stereocenters. The number of rotatable bonds is 10. The zero-order valence-corrected chi connectivity index (χ0v) is 16.7. The quantitative estimate of drug-likeness (QED) is 0.684. The molecule has 2 amide bonds. The van der Waals surface area contributed by atoms with Crippen LogP contribution in [0.1, 0.15) is 24.5 Å². The van der Waals surface area contributed by atoms with Crippen LogP contribution in [0, 0.1) is 0 Å². The molecule has 2 rings (SSSR count). The number of benzene rings is 2. The molecule has 6 nitrogen and oxygen atoms in total. The summed E-state index contributed by atoms with van der Waals surface area (Å²) < 4.78 is 10.5. The van der Waals surface area contributed by atoms with Gasteiger partial charge in [0.1, 0.15) is 0 Å². The van der Waals surface area contributed by atoms with Crippen LogP contribution in [0.3, 0.4) is 0 Å². The molecule has 0 fully saturated rings. The molecule has 0 aliphatic rings. The average Bonchev–Trinajstić information content (AvgIpc) is 2.71. The van der Waals surface area contributed by atoms with E-state index < -0.39 is 0 Å². The van der Waals surface area contributed by atoms with Gasteiger partial charge in [0.25, 0.3) is 0 Å². The number of carbonyl (C=O) groups excluding carboxylic acids is 2. The van der Waals surface area contributed by atoms with Gasteiger partial charge in [0.15, 0.2) is 11.5 Å². The molecule has 150 valence electrons. The van der Waals surface area contributed by atoms with Crippen LogP contribution in [0.5, 0.6) is 11.5 Å². The predicted molar refractivity (Wildman–Crippen MR) is 108 cm³/mol. The number of nitrogens with one attached hydrogen (secondary N) is 1. The molecular weight excluding hydrogens is 356 g/mol. The molecular formula is C22H28N2O4. The van der Waals surface area contributed by atoms with Crippen molar-refractivity contribution in [1.82, 2.24) is 10.2 Å². The number of ether oxygens (including phenoxy) is 2. The predicted octanol–water partition coefficient (Wildman–Crippen LogP) is 2.80. The van der Waals surface area contributed by atoms with E-state index >= 15 is 0 Å². The molecule has 0 aliphatic carbocycles. The van der Waals surface area contributed by atoms with E-state index in [0.29, 0.717) is 24.6 Å². The summed E-state index contributed by atoms with van der Waals surface area (Å²) in [6.07, 6.45) is 1.68. The second-order valence-electron chi connectivity index (χ2n) is 6.50. The molecule has 2 aromatic rings. The Kier molecular flexibility index (Phi) is 8.34. The number of aryl methyl sites for hydroxylation is 1. The Morgan fingerprint density at radius 3 is 2.32 bits per heavy atom. The molecule has 0 saturated carbocycles. The number of carbonyl (C=O) groups is 2. The number of nitrogens with zero attached hydrogens (tertiary/aromatic N) is 1. The van der Waals surface area contributed by atoms with E-state index in [1.807, 2.05) is 30.3 Å². The highest BCUT2D eigenvalue weighted by atomic mass is 16.5. The van der Waals surface area contributed by atoms with Gasteiger partial charge in [0.05, 0.1) is 20.8 Å². The SMILES string of the molecule is COc1ccc(CNC(=O)CN(CCCc2ccccc2)C(C)=O)cc1OC. The normalized spacial score (nSPS) is 10.2. The van der Waals surface area contributed by atoms with Gasteiger partial charge in [-0.1, -0.05) is 36.4 Å². The van der Waals surface area contributed by atoms with E-state index in [1.165, 1.54) is 12.5 Å². The maximum absolute atomic E-state index is 12.3. The van der Waals surface area contributed by atoms with E-state index in [9.17, 15) is 9.59 Å². The Hall–Kier alpha value is -3.02. The first-order valence-electron chi connectivity index (χ1n) is 9.30. The third-order valence-electron chi connectivity index (χ3n) is 4.45. The minimum atomic E-state index is -0.190. The number of hydrogen-bond donors (Lipinski definition) is 1. The number of amides is 2. The highest BCUT2D eigenvalue weighted by Crippen LogP contribution is 2.27. The van der Waals surface area contributed by atoms with Crippen molar-refractivity contribution in [2.75, 3.05) is 27.3 Å². The van der Waals surface area contributed by atoms with Crippen molar-refractivity contribution in [3.05, 3.63) is 59.7 Å². The fourth-order valence-corrected chi connectivity index (χ4v) is 2.89. The summed E-state index contributed by atoms with van der Waals surface area (Å²) in [5.41, 5.74) is 2.12. The van der Waals surface area contributed by atoms with Crippen LogP contribution >= 0.6 is 0 Å². The van der Waals surface area contributed by atoms with Gasteiger partial charge in [0.2, 0.25) is 11.8 Å². The van der Waals surface area contributed by atoms with Crippen molar-refractivity contribution in [2.45, 2.75) is 26.3 Å². The van der Waals surface area contributed by atoms with Crippen LogP contribution < -0.4 is 14.8 Å². The fourth-order valence-electron chi connectivity index (χ4n) is 2.89. The van der Waals surface area contributed by atoms with Crippen molar-refractivity contribution >= 4 is 11.8 Å². The van der Waals surface area contributed by atoms with Crippen molar-refractivity contribution in [3.8, 4) is 11.5 Å². The Bertz CT molecular complexity index is 777. The van der Waals surface area contributed by atoms with Crippen molar-refractivity contribution in [3.63, 3.8) is 0 Å². The summed E-state index contributed by atoms with van der Waals surface area (Å²) in [5.74, 6) is 0.957. The molecule has 1 N–H and O–H groups in total. The standard InChI is InChI=1S/C22H28N2O4/c1-17(25)24(13-7-10-18-8-5-4-6-9-18)16-22(26)23-15-19-11-12-20(27-2)21(14-19)28-3/h4-6,8-9,11-12,14H,7,10,13,15-16H2,1-3H3,(H,23,26). The van der Waals surface area contributed by atoms with Crippen LogP contribution in [0.4, 0.5) is 0 Å². The van der Waals surface area contributed by atoms with Crippen LogP contribution in [0.25, 0.3) is 0 Å². The monoisotopic (exact) mass is 384 g/mol. The number of methoxy groups -OCH3 is 2. The van der Waals surface area contributed by atoms with E-state index in [4.69, 9.17) is 9.47 Å². The van der Waals surface area contributed by atoms with Crippen molar-refractivity contribution in [1.29, 1.82) is 0 Å². The molecule has 2 aromatic carbocycles. The molecule has 6 heteroatoms. The summed E-state index contributed by atoms with van der Waals surface area (Å²) in [6, 6.07) is 15.6. The lowest BCUT2D eigenvalue weighted by molar-refractivity contribution is -0.134. The fraction of sp³-hybridized carbons (Fsp3) is 0.364. The highest BCUT2D eigenvalue weighted by Gasteiger charge is 2.13. The lowest BCUT2D eigenvalue weighted by atomic mass is 10.1. The van der Waals surface area contributed by atoms with Gasteiger partial charge in [-0.15, -0.1) is 0 Å². The molecule has 0 heterocycles. The van der Waals surface area contributed by atoms with Crippen LogP contribution in [-0.4, -0.2) is 44.0 Å². The smallest absolute Gasteiger partial charge is 0.239 e.